The van der Waals surface area contributed by atoms with Gasteiger partial charge in [-0.1, -0.05) is 0 Å². The van der Waals surface area contributed by atoms with E-state index in [1.807, 2.05) is 13.8 Å². The van der Waals surface area contributed by atoms with E-state index in [0.29, 0.717) is 12.5 Å². The Morgan fingerprint density at radius 3 is 2.60 bits per heavy atom. The van der Waals surface area contributed by atoms with Crippen molar-refractivity contribution in [3.05, 3.63) is 0 Å². The Balaban J connectivity index is 1.78. The minimum atomic E-state index is -0.488. The first-order chi connectivity index (χ1) is 7.05. The van der Waals surface area contributed by atoms with Crippen LogP contribution in [0.15, 0.2) is 0 Å². The number of rotatable bonds is 0. The fraction of sp³-hybridized carbons (Fsp3) is 0.909. The summed E-state index contributed by atoms with van der Waals surface area (Å²) in [7, 11) is 0. The highest BCUT2D eigenvalue weighted by atomic mass is 16.8. The summed E-state index contributed by atoms with van der Waals surface area (Å²) in [6.45, 7) is 4.43. The van der Waals surface area contributed by atoms with E-state index in [1.54, 1.807) is 0 Å². The molecule has 3 fully saturated rings. The van der Waals surface area contributed by atoms with Crippen LogP contribution >= 0.6 is 0 Å². The minimum Gasteiger partial charge on any atom is -0.465 e. The molecule has 0 unspecified atom stereocenters. The second kappa shape index (κ2) is 2.95. The van der Waals surface area contributed by atoms with Crippen molar-refractivity contribution in [2.24, 2.45) is 11.8 Å². The molecule has 1 aliphatic carbocycles. The summed E-state index contributed by atoms with van der Waals surface area (Å²) in [4.78, 5) is 11.4. The number of ether oxygens (including phenoxy) is 3. The van der Waals surface area contributed by atoms with Gasteiger partial charge in [-0.15, -0.1) is 0 Å². The highest BCUT2D eigenvalue weighted by molar-refractivity contribution is 5.75. The van der Waals surface area contributed by atoms with E-state index in [-0.39, 0.29) is 24.1 Å². The van der Waals surface area contributed by atoms with Gasteiger partial charge in [0.2, 0.25) is 0 Å². The van der Waals surface area contributed by atoms with Crippen LogP contribution in [0.2, 0.25) is 0 Å². The lowest BCUT2D eigenvalue weighted by Gasteiger charge is -2.29. The molecule has 2 heterocycles. The maximum absolute atomic E-state index is 11.4. The van der Waals surface area contributed by atoms with Crippen LogP contribution in [0.4, 0.5) is 0 Å². The van der Waals surface area contributed by atoms with Gasteiger partial charge in [0.15, 0.2) is 5.79 Å². The Hall–Kier alpha value is -0.610. The molecule has 2 saturated heterocycles. The van der Waals surface area contributed by atoms with E-state index in [4.69, 9.17) is 14.2 Å². The smallest absolute Gasteiger partial charge is 0.309 e. The maximum atomic E-state index is 11.4. The summed E-state index contributed by atoms with van der Waals surface area (Å²) < 4.78 is 16.7. The van der Waals surface area contributed by atoms with Crippen molar-refractivity contribution in [2.75, 3.05) is 6.61 Å². The van der Waals surface area contributed by atoms with Crippen LogP contribution in [0, 0.1) is 11.8 Å². The SMILES string of the molecule is CC1(C)O[C@H]2C[C@@H]3COC(=O)[C@@H]3C[C@@H]2O1. The van der Waals surface area contributed by atoms with Crippen molar-refractivity contribution in [2.45, 2.75) is 44.7 Å². The molecule has 0 amide bonds. The molecule has 15 heavy (non-hydrogen) atoms. The van der Waals surface area contributed by atoms with Crippen molar-refractivity contribution in [1.82, 2.24) is 0 Å². The highest BCUT2D eigenvalue weighted by Crippen LogP contribution is 2.44. The molecule has 4 nitrogen and oxygen atoms in total. The van der Waals surface area contributed by atoms with Gasteiger partial charge >= 0.3 is 5.97 Å². The van der Waals surface area contributed by atoms with Crippen LogP contribution in [0.1, 0.15) is 26.7 Å². The van der Waals surface area contributed by atoms with Gasteiger partial charge in [-0.2, -0.15) is 0 Å². The number of cyclic esters (lactones) is 1. The second-order valence-electron chi connectivity index (χ2n) is 5.18. The van der Waals surface area contributed by atoms with E-state index in [2.05, 4.69) is 0 Å². The summed E-state index contributed by atoms with van der Waals surface area (Å²) in [5.74, 6) is -0.149. The van der Waals surface area contributed by atoms with Crippen LogP contribution in [-0.2, 0) is 19.0 Å². The predicted octanol–water partition coefficient (Wildman–Crippen LogP) is 1.09. The highest BCUT2D eigenvalue weighted by Gasteiger charge is 2.52. The third-order valence-electron chi connectivity index (χ3n) is 3.62. The summed E-state index contributed by atoms with van der Waals surface area (Å²) in [5.41, 5.74) is 0. The van der Waals surface area contributed by atoms with Crippen molar-refractivity contribution in [1.29, 1.82) is 0 Å². The van der Waals surface area contributed by atoms with Gasteiger partial charge in [-0.05, 0) is 26.7 Å². The quantitative estimate of drug-likeness (QED) is 0.564. The van der Waals surface area contributed by atoms with Crippen molar-refractivity contribution in [3.63, 3.8) is 0 Å². The number of carbonyl (C=O) groups is 1. The molecule has 0 bridgehead atoms. The number of carbonyl (C=O) groups excluding carboxylic acids is 1. The summed E-state index contributed by atoms with van der Waals surface area (Å²) in [5, 5.41) is 0. The lowest BCUT2D eigenvalue weighted by atomic mass is 9.78. The fourth-order valence-corrected chi connectivity index (χ4v) is 2.98. The Kier molecular flexibility index (Phi) is 1.89. The lowest BCUT2D eigenvalue weighted by Crippen LogP contribution is -2.37. The summed E-state index contributed by atoms with van der Waals surface area (Å²) in [6.07, 6.45) is 1.88. The molecule has 0 aromatic rings. The number of hydrogen-bond donors (Lipinski definition) is 0. The largest absolute Gasteiger partial charge is 0.465 e. The van der Waals surface area contributed by atoms with Crippen LogP contribution < -0.4 is 0 Å². The summed E-state index contributed by atoms with van der Waals surface area (Å²) in [6, 6.07) is 0. The molecule has 0 aromatic carbocycles. The average Bonchev–Trinajstić information content (AvgIpc) is 2.62. The molecule has 0 N–H and O–H groups in total. The standard InChI is InChI=1S/C11H16O4/c1-11(2)14-8-3-6-5-13-10(12)7(6)4-9(8)15-11/h6-9H,3-5H2,1-2H3/t6-,7-,8+,9+/m1/s1. The van der Waals surface area contributed by atoms with Gasteiger partial charge in [-0.3, -0.25) is 4.79 Å². The Labute approximate surface area is 88.9 Å². The maximum Gasteiger partial charge on any atom is 0.309 e. The lowest BCUT2D eigenvalue weighted by molar-refractivity contribution is -0.149. The van der Waals surface area contributed by atoms with Gasteiger partial charge < -0.3 is 14.2 Å². The van der Waals surface area contributed by atoms with Crippen LogP contribution in [0.5, 0.6) is 0 Å². The molecule has 4 atom stereocenters. The normalized spacial score (nSPS) is 47.2. The van der Waals surface area contributed by atoms with Gasteiger partial charge in [0.25, 0.3) is 0 Å². The Bertz CT molecular complexity index is 299. The van der Waals surface area contributed by atoms with E-state index < -0.39 is 5.79 Å². The minimum absolute atomic E-state index is 0.0451. The van der Waals surface area contributed by atoms with Crippen LogP contribution in [-0.4, -0.2) is 30.6 Å². The zero-order chi connectivity index (χ0) is 10.6. The fourth-order valence-electron chi connectivity index (χ4n) is 2.98. The molecule has 3 aliphatic rings. The molecule has 2 aliphatic heterocycles. The first-order valence-corrected chi connectivity index (χ1v) is 5.57. The second-order valence-corrected chi connectivity index (χ2v) is 5.18. The monoisotopic (exact) mass is 212 g/mol. The van der Waals surface area contributed by atoms with Crippen molar-refractivity contribution in [3.8, 4) is 0 Å². The first-order valence-electron chi connectivity index (χ1n) is 5.57. The van der Waals surface area contributed by atoms with Crippen molar-refractivity contribution >= 4 is 5.97 Å². The molecule has 0 radical (unpaired) electrons. The molecule has 0 spiro atoms. The van der Waals surface area contributed by atoms with Gasteiger partial charge in [-0.25, -0.2) is 0 Å². The molecule has 3 rings (SSSR count). The molecule has 0 aromatic heterocycles. The van der Waals surface area contributed by atoms with E-state index in [9.17, 15) is 4.79 Å². The number of esters is 1. The zero-order valence-corrected chi connectivity index (χ0v) is 9.06. The molecular formula is C11H16O4. The number of hydrogen-bond acceptors (Lipinski definition) is 4. The predicted molar refractivity (Wildman–Crippen MR) is 51.0 cm³/mol. The Morgan fingerprint density at radius 2 is 1.87 bits per heavy atom. The van der Waals surface area contributed by atoms with Gasteiger partial charge in [0, 0.05) is 5.92 Å². The third-order valence-corrected chi connectivity index (χ3v) is 3.62. The Morgan fingerprint density at radius 1 is 1.20 bits per heavy atom. The average molecular weight is 212 g/mol. The topological polar surface area (TPSA) is 44.8 Å². The molecular weight excluding hydrogens is 196 g/mol. The van der Waals surface area contributed by atoms with Crippen LogP contribution in [0.3, 0.4) is 0 Å². The molecule has 4 heteroatoms. The summed E-state index contributed by atoms with van der Waals surface area (Å²) >= 11 is 0. The first kappa shape index (κ1) is 9.60. The molecule has 1 saturated carbocycles. The van der Waals surface area contributed by atoms with Gasteiger partial charge in [0.1, 0.15) is 0 Å². The van der Waals surface area contributed by atoms with E-state index >= 15 is 0 Å². The van der Waals surface area contributed by atoms with E-state index in [1.165, 1.54) is 0 Å². The number of fused-ring (bicyclic) bond motifs is 2. The zero-order valence-electron chi connectivity index (χ0n) is 9.06. The van der Waals surface area contributed by atoms with Gasteiger partial charge in [0.05, 0.1) is 24.7 Å². The van der Waals surface area contributed by atoms with Crippen molar-refractivity contribution < 1.29 is 19.0 Å². The van der Waals surface area contributed by atoms with E-state index in [0.717, 1.165) is 12.8 Å². The molecule has 84 valence electrons. The third kappa shape index (κ3) is 1.47. The van der Waals surface area contributed by atoms with Crippen LogP contribution in [0.25, 0.3) is 0 Å².